The highest BCUT2D eigenvalue weighted by molar-refractivity contribution is 7.89. The maximum atomic E-state index is 12.4. The SMILES string of the molecule is COc1cccc(/C=C/C(=O)c2ccc(S(=O)(=O)N[C@@H](C)C(=O)O)cc2)c1OC. The Morgan fingerprint density at radius 1 is 1.07 bits per heavy atom. The van der Waals surface area contributed by atoms with Gasteiger partial charge in [0.1, 0.15) is 6.04 Å². The highest BCUT2D eigenvalue weighted by Crippen LogP contribution is 2.31. The molecule has 0 aliphatic rings. The van der Waals surface area contributed by atoms with Gasteiger partial charge in [-0.15, -0.1) is 0 Å². The van der Waals surface area contributed by atoms with Gasteiger partial charge in [-0.3, -0.25) is 9.59 Å². The van der Waals surface area contributed by atoms with Crippen LogP contribution in [-0.2, 0) is 14.8 Å². The molecule has 154 valence electrons. The number of rotatable bonds is 9. The molecule has 8 nitrogen and oxygen atoms in total. The van der Waals surface area contributed by atoms with Gasteiger partial charge in [-0.2, -0.15) is 4.72 Å². The van der Waals surface area contributed by atoms with Crippen LogP contribution in [0.5, 0.6) is 11.5 Å². The van der Waals surface area contributed by atoms with Crippen molar-refractivity contribution in [2.45, 2.75) is 17.9 Å². The minimum atomic E-state index is -4.01. The molecule has 0 aliphatic heterocycles. The first-order valence-electron chi connectivity index (χ1n) is 8.48. The number of para-hydroxylation sites is 1. The summed E-state index contributed by atoms with van der Waals surface area (Å²) in [6.45, 7) is 1.22. The maximum absolute atomic E-state index is 12.4. The third kappa shape index (κ3) is 5.43. The summed E-state index contributed by atoms with van der Waals surface area (Å²) < 4.78 is 36.9. The number of carboxylic acid groups (broad SMARTS) is 1. The Labute approximate surface area is 168 Å². The molecule has 0 unspecified atom stereocenters. The number of carbonyl (C=O) groups excluding carboxylic acids is 1. The fourth-order valence-corrected chi connectivity index (χ4v) is 3.65. The van der Waals surface area contributed by atoms with E-state index < -0.39 is 22.0 Å². The topological polar surface area (TPSA) is 119 Å². The zero-order valence-corrected chi connectivity index (χ0v) is 16.9. The van der Waals surface area contributed by atoms with Crippen LogP contribution in [0.15, 0.2) is 53.4 Å². The fourth-order valence-electron chi connectivity index (χ4n) is 2.45. The van der Waals surface area contributed by atoms with E-state index in [1.807, 2.05) is 4.72 Å². The molecule has 2 aromatic carbocycles. The van der Waals surface area contributed by atoms with Crippen molar-refractivity contribution >= 4 is 27.9 Å². The average Bonchev–Trinajstić information content (AvgIpc) is 2.71. The van der Waals surface area contributed by atoms with Crippen LogP contribution in [0.4, 0.5) is 0 Å². The Balaban J connectivity index is 2.19. The van der Waals surface area contributed by atoms with Crippen molar-refractivity contribution in [3.8, 4) is 11.5 Å². The summed E-state index contributed by atoms with van der Waals surface area (Å²) in [6.07, 6.45) is 2.91. The molecule has 0 amide bonds. The van der Waals surface area contributed by atoms with E-state index in [4.69, 9.17) is 14.6 Å². The van der Waals surface area contributed by atoms with Gasteiger partial charge in [-0.05, 0) is 49.4 Å². The lowest BCUT2D eigenvalue weighted by Gasteiger charge is -2.10. The van der Waals surface area contributed by atoms with E-state index in [1.165, 1.54) is 51.5 Å². The lowest BCUT2D eigenvalue weighted by atomic mass is 10.1. The van der Waals surface area contributed by atoms with E-state index >= 15 is 0 Å². The lowest BCUT2D eigenvalue weighted by molar-refractivity contribution is -0.138. The molecule has 1 atom stereocenters. The van der Waals surface area contributed by atoms with Gasteiger partial charge in [-0.25, -0.2) is 8.42 Å². The number of carbonyl (C=O) groups is 2. The largest absolute Gasteiger partial charge is 0.493 e. The van der Waals surface area contributed by atoms with E-state index in [0.29, 0.717) is 17.1 Å². The standard InChI is InChI=1S/C20H21NO7S/c1-13(20(23)24)21-29(25,26)16-10-7-14(8-11-16)17(22)12-9-15-5-4-6-18(27-2)19(15)28-3/h4-13,21H,1-3H3,(H,23,24)/b12-9+/t13-/m0/s1. The van der Waals surface area contributed by atoms with Crippen LogP contribution >= 0.6 is 0 Å². The summed E-state index contributed by atoms with van der Waals surface area (Å²) in [5.74, 6) is -0.622. The third-order valence-electron chi connectivity index (χ3n) is 4.00. The maximum Gasteiger partial charge on any atom is 0.321 e. The zero-order valence-electron chi connectivity index (χ0n) is 16.1. The number of ketones is 1. The number of sulfonamides is 1. The van der Waals surface area contributed by atoms with E-state index in [2.05, 4.69) is 0 Å². The molecular formula is C20H21NO7S. The highest BCUT2D eigenvalue weighted by Gasteiger charge is 2.21. The van der Waals surface area contributed by atoms with Crippen LogP contribution in [0.3, 0.4) is 0 Å². The average molecular weight is 419 g/mol. The third-order valence-corrected chi connectivity index (χ3v) is 5.56. The summed E-state index contributed by atoms with van der Waals surface area (Å²) in [5.41, 5.74) is 0.916. The summed E-state index contributed by atoms with van der Waals surface area (Å²) >= 11 is 0. The molecule has 9 heteroatoms. The van der Waals surface area contributed by atoms with Crippen LogP contribution < -0.4 is 14.2 Å². The number of nitrogens with one attached hydrogen (secondary N) is 1. The molecular weight excluding hydrogens is 398 g/mol. The van der Waals surface area contributed by atoms with Crippen molar-refractivity contribution < 1.29 is 32.6 Å². The molecule has 0 spiro atoms. The minimum absolute atomic E-state index is 0.138. The predicted molar refractivity (Wildman–Crippen MR) is 107 cm³/mol. The van der Waals surface area contributed by atoms with Crippen LogP contribution in [0, 0.1) is 0 Å². The van der Waals surface area contributed by atoms with Crippen LogP contribution in [-0.4, -0.2) is 45.5 Å². The van der Waals surface area contributed by atoms with Crippen molar-refractivity contribution in [2.24, 2.45) is 0 Å². The number of hydrogen-bond donors (Lipinski definition) is 2. The van der Waals surface area contributed by atoms with Crippen molar-refractivity contribution in [1.29, 1.82) is 0 Å². The summed E-state index contributed by atoms with van der Waals surface area (Å²) in [4.78, 5) is 23.1. The summed E-state index contributed by atoms with van der Waals surface area (Å²) in [6, 6.07) is 9.17. The Morgan fingerprint density at radius 2 is 1.72 bits per heavy atom. The Bertz CT molecular complexity index is 1030. The Kier molecular flexibility index (Phi) is 7.13. The normalized spacial score (nSPS) is 12.5. The van der Waals surface area contributed by atoms with Crippen molar-refractivity contribution in [1.82, 2.24) is 4.72 Å². The van der Waals surface area contributed by atoms with Gasteiger partial charge in [0, 0.05) is 11.1 Å². The Morgan fingerprint density at radius 3 is 2.28 bits per heavy atom. The number of methoxy groups -OCH3 is 2. The van der Waals surface area contributed by atoms with Crippen LogP contribution in [0.2, 0.25) is 0 Å². The van der Waals surface area contributed by atoms with Gasteiger partial charge < -0.3 is 14.6 Å². The molecule has 0 heterocycles. The van der Waals surface area contributed by atoms with E-state index in [-0.39, 0.29) is 16.2 Å². The first kappa shape index (κ1) is 22.1. The van der Waals surface area contributed by atoms with Gasteiger partial charge in [0.2, 0.25) is 10.0 Å². The predicted octanol–water partition coefficient (Wildman–Crippen LogP) is 2.35. The number of benzene rings is 2. The monoisotopic (exact) mass is 419 g/mol. The molecule has 29 heavy (non-hydrogen) atoms. The number of carboxylic acids is 1. The second-order valence-corrected chi connectivity index (χ2v) is 7.70. The zero-order chi connectivity index (χ0) is 21.6. The summed E-state index contributed by atoms with van der Waals surface area (Å²) in [5, 5.41) is 8.84. The number of aliphatic carboxylic acids is 1. The Hall–Kier alpha value is -3.17. The smallest absolute Gasteiger partial charge is 0.321 e. The minimum Gasteiger partial charge on any atom is -0.493 e. The number of ether oxygens (including phenoxy) is 2. The molecule has 2 N–H and O–H groups in total. The molecule has 0 aliphatic carbocycles. The molecule has 0 saturated carbocycles. The highest BCUT2D eigenvalue weighted by atomic mass is 32.2. The molecule has 2 rings (SSSR count). The van der Waals surface area contributed by atoms with Gasteiger partial charge in [0.25, 0.3) is 0 Å². The van der Waals surface area contributed by atoms with Crippen LogP contribution in [0.25, 0.3) is 6.08 Å². The van der Waals surface area contributed by atoms with Gasteiger partial charge in [0.15, 0.2) is 17.3 Å². The first-order valence-corrected chi connectivity index (χ1v) is 9.96. The van der Waals surface area contributed by atoms with Crippen molar-refractivity contribution in [2.75, 3.05) is 14.2 Å². The molecule has 0 aromatic heterocycles. The molecule has 0 radical (unpaired) electrons. The van der Waals surface area contributed by atoms with E-state index in [1.54, 1.807) is 24.3 Å². The van der Waals surface area contributed by atoms with Gasteiger partial charge >= 0.3 is 5.97 Å². The van der Waals surface area contributed by atoms with Crippen LogP contribution in [0.1, 0.15) is 22.8 Å². The molecule has 0 fully saturated rings. The second kappa shape index (κ2) is 9.35. The second-order valence-electron chi connectivity index (χ2n) is 5.99. The van der Waals surface area contributed by atoms with E-state index in [0.717, 1.165) is 0 Å². The molecule has 0 saturated heterocycles. The quantitative estimate of drug-likeness (QED) is 0.473. The molecule has 0 bridgehead atoms. The van der Waals surface area contributed by atoms with Crippen molar-refractivity contribution in [3.05, 3.63) is 59.7 Å². The number of allylic oxidation sites excluding steroid dienone is 1. The number of hydrogen-bond acceptors (Lipinski definition) is 6. The fraction of sp³-hybridized carbons (Fsp3) is 0.200. The van der Waals surface area contributed by atoms with Gasteiger partial charge in [-0.1, -0.05) is 12.1 Å². The molecule has 2 aromatic rings. The van der Waals surface area contributed by atoms with E-state index in [9.17, 15) is 18.0 Å². The lowest BCUT2D eigenvalue weighted by Crippen LogP contribution is -2.38. The van der Waals surface area contributed by atoms with Gasteiger partial charge in [0.05, 0.1) is 19.1 Å². The summed E-state index contributed by atoms with van der Waals surface area (Å²) in [7, 11) is -1.00. The van der Waals surface area contributed by atoms with Crippen molar-refractivity contribution in [3.63, 3.8) is 0 Å². The first-order chi connectivity index (χ1) is 13.7.